The van der Waals surface area contributed by atoms with Crippen molar-refractivity contribution in [2.75, 3.05) is 4.90 Å². The van der Waals surface area contributed by atoms with E-state index >= 15 is 0 Å². The van der Waals surface area contributed by atoms with Crippen molar-refractivity contribution in [3.8, 4) is 39.1 Å². The zero-order valence-electron chi connectivity index (χ0n) is 29.7. The highest BCUT2D eigenvalue weighted by atomic mass is 15.1. The minimum absolute atomic E-state index is 1.09. The van der Waals surface area contributed by atoms with Crippen molar-refractivity contribution in [3.05, 3.63) is 218 Å². The van der Waals surface area contributed by atoms with Crippen molar-refractivity contribution in [2.45, 2.75) is 0 Å². The van der Waals surface area contributed by atoms with Gasteiger partial charge in [0.1, 0.15) is 0 Å². The summed E-state index contributed by atoms with van der Waals surface area (Å²) in [6, 6.07) is 78.9. The molecule has 0 aliphatic heterocycles. The summed E-state index contributed by atoms with van der Waals surface area (Å²) in [4.78, 5) is 2.42. The molecule has 0 atom stereocenters. The third-order valence-electron chi connectivity index (χ3n) is 10.6. The highest BCUT2D eigenvalue weighted by Crippen LogP contribution is 2.46. The van der Waals surface area contributed by atoms with Crippen molar-refractivity contribution in [1.29, 1.82) is 0 Å². The predicted molar refractivity (Wildman–Crippen MR) is 229 cm³/mol. The topological polar surface area (TPSA) is 8.17 Å². The molecule has 0 saturated carbocycles. The van der Waals surface area contributed by atoms with Crippen LogP contribution >= 0.6 is 0 Å². The lowest BCUT2D eigenvalue weighted by atomic mass is 9.96. The van der Waals surface area contributed by atoms with Crippen LogP contribution in [-0.4, -0.2) is 4.57 Å². The maximum Gasteiger partial charge on any atom is 0.0547 e. The Morgan fingerprint density at radius 3 is 1.78 bits per heavy atom. The molecule has 0 spiro atoms. The molecular weight excluding hydrogens is 653 g/mol. The van der Waals surface area contributed by atoms with Gasteiger partial charge in [0.05, 0.1) is 16.7 Å². The number of para-hydroxylation sites is 3. The summed E-state index contributed by atoms with van der Waals surface area (Å²) in [6.45, 7) is 0. The van der Waals surface area contributed by atoms with Crippen LogP contribution in [0.25, 0.3) is 71.6 Å². The second-order valence-corrected chi connectivity index (χ2v) is 13.7. The maximum absolute atomic E-state index is 2.42. The largest absolute Gasteiger partial charge is 0.310 e. The number of anilines is 3. The van der Waals surface area contributed by atoms with E-state index in [4.69, 9.17) is 0 Å². The van der Waals surface area contributed by atoms with Crippen molar-refractivity contribution in [1.82, 2.24) is 4.57 Å². The van der Waals surface area contributed by atoms with Gasteiger partial charge in [0.15, 0.2) is 0 Å². The van der Waals surface area contributed by atoms with E-state index in [-0.39, 0.29) is 0 Å². The smallest absolute Gasteiger partial charge is 0.0547 e. The van der Waals surface area contributed by atoms with Gasteiger partial charge in [-0.2, -0.15) is 0 Å². The van der Waals surface area contributed by atoms with Crippen LogP contribution < -0.4 is 4.90 Å². The van der Waals surface area contributed by atoms with Crippen molar-refractivity contribution in [3.63, 3.8) is 0 Å². The molecule has 0 aliphatic carbocycles. The summed E-state index contributed by atoms with van der Waals surface area (Å²) in [6.07, 6.45) is 0. The summed E-state index contributed by atoms with van der Waals surface area (Å²) in [5.74, 6) is 0. The van der Waals surface area contributed by atoms with Crippen LogP contribution in [0.4, 0.5) is 17.1 Å². The lowest BCUT2D eigenvalue weighted by molar-refractivity contribution is 1.18. The summed E-state index contributed by atoms with van der Waals surface area (Å²) < 4.78 is 2.39. The van der Waals surface area contributed by atoms with Crippen LogP contribution in [0.5, 0.6) is 0 Å². The molecule has 1 heterocycles. The average Bonchev–Trinajstić information content (AvgIpc) is 3.59. The molecule has 0 N–H and O–H groups in total. The molecule has 0 saturated heterocycles. The highest BCUT2D eigenvalue weighted by molar-refractivity contribution is 6.17. The molecule has 0 radical (unpaired) electrons. The Morgan fingerprint density at radius 1 is 0.333 bits per heavy atom. The Balaban J connectivity index is 1.19. The maximum atomic E-state index is 2.42. The van der Waals surface area contributed by atoms with Gasteiger partial charge < -0.3 is 9.47 Å². The van der Waals surface area contributed by atoms with Gasteiger partial charge in [-0.3, -0.25) is 0 Å². The number of fused-ring (bicyclic) bond motifs is 4. The first-order valence-electron chi connectivity index (χ1n) is 18.5. The van der Waals surface area contributed by atoms with Crippen LogP contribution in [0.2, 0.25) is 0 Å². The fraction of sp³-hybridized carbons (Fsp3) is 0. The normalized spacial score (nSPS) is 11.3. The van der Waals surface area contributed by atoms with E-state index in [0.717, 1.165) is 22.7 Å². The first kappa shape index (κ1) is 31.6. The Morgan fingerprint density at radius 2 is 0.926 bits per heavy atom. The first-order valence-corrected chi connectivity index (χ1v) is 18.5. The van der Waals surface area contributed by atoms with Crippen molar-refractivity contribution < 1.29 is 0 Å². The molecule has 254 valence electrons. The molecule has 2 nitrogen and oxygen atoms in total. The molecule has 10 rings (SSSR count). The van der Waals surface area contributed by atoms with Gasteiger partial charge in [-0.15, -0.1) is 0 Å². The minimum Gasteiger partial charge on any atom is -0.310 e. The molecule has 0 fully saturated rings. The quantitative estimate of drug-likeness (QED) is 0.162. The number of nitrogens with zero attached hydrogens (tertiary/aromatic N) is 2. The van der Waals surface area contributed by atoms with Gasteiger partial charge in [-0.25, -0.2) is 0 Å². The zero-order valence-corrected chi connectivity index (χ0v) is 29.7. The van der Waals surface area contributed by atoms with E-state index in [1.54, 1.807) is 0 Å². The van der Waals surface area contributed by atoms with Crippen molar-refractivity contribution in [2.24, 2.45) is 0 Å². The van der Waals surface area contributed by atoms with E-state index in [2.05, 4.69) is 228 Å². The summed E-state index contributed by atoms with van der Waals surface area (Å²) in [7, 11) is 0. The molecule has 9 aromatic carbocycles. The molecular formula is C52H36N2. The Labute approximate surface area is 315 Å². The van der Waals surface area contributed by atoms with Gasteiger partial charge >= 0.3 is 0 Å². The summed E-state index contributed by atoms with van der Waals surface area (Å²) in [5, 5.41) is 4.98. The van der Waals surface area contributed by atoms with Crippen LogP contribution in [0.15, 0.2) is 218 Å². The molecule has 0 aliphatic rings. The highest BCUT2D eigenvalue weighted by Gasteiger charge is 2.22. The molecule has 2 heteroatoms. The van der Waals surface area contributed by atoms with E-state index in [0.29, 0.717) is 0 Å². The van der Waals surface area contributed by atoms with Gasteiger partial charge in [0, 0.05) is 33.4 Å². The molecule has 0 amide bonds. The predicted octanol–water partition coefficient (Wildman–Crippen LogP) is 14.4. The average molecular weight is 689 g/mol. The second kappa shape index (κ2) is 13.4. The summed E-state index contributed by atoms with van der Waals surface area (Å²) in [5.41, 5.74) is 14.0. The first-order chi connectivity index (χ1) is 26.8. The molecule has 10 aromatic rings. The fourth-order valence-electron chi connectivity index (χ4n) is 8.14. The van der Waals surface area contributed by atoms with Gasteiger partial charge in [0.2, 0.25) is 0 Å². The lowest BCUT2D eigenvalue weighted by Gasteiger charge is -2.28. The van der Waals surface area contributed by atoms with Gasteiger partial charge in [-0.05, 0) is 93.2 Å². The van der Waals surface area contributed by atoms with Gasteiger partial charge in [0.25, 0.3) is 0 Å². The fourth-order valence-corrected chi connectivity index (χ4v) is 8.14. The van der Waals surface area contributed by atoms with E-state index in [1.807, 2.05) is 0 Å². The number of hydrogen-bond acceptors (Lipinski definition) is 1. The standard InChI is InChI=1S/C52H36N2/c1-3-16-37(17-4-1)40-20-13-23-43(36-40)53(42-34-32-39(33-35-42)45-27-14-19-38-18-7-8-24-44(38)45)49-29-11-9-25-46(49)47-28-15-31-51-52(47)48-26-10-12-30-50(48)54(51)41-21-5-2-6-22-41/h1-36H. The Bertz CT molecular complexity index is 2920. The van der Waals surface area contributed by atoms with Crippen LogP contribution in [-0.2, 0) is 0 Å². The number of aromatic nitrogens is 1. The SMILES string of the molecule is c1ccc(-c2cccc(N(c3ccc(-c4cccc5ccccc45)cc3)c3ccccc3-c3cccc4c3c3ccccc3n4-c3ccccc3)c2)cc1. The number of hydrogen-bond donors (Lipinski definition) is 0. The Kier molecular flexibility index (Phi) is 7.85. The number of benzene rings is 9. The zero-order chi connectivity index (χ0) is 35.8. The third kappa shape index (κ3) is 5.44. The van der Waals surface area contributed by atoms with Crippen LogP contribution in [0, 0.1) is 0 Å². The molecule has 0 unspecified atom stereocenters. The monoisotopic (exact) mass is 688 g/mol. The lowest BCUT2D eigenvalue weighted by Crippen LogP contribution is -2.11. The second-order valence-electron chi connectivity index (χ2n) is 13.7. The summed E-state index contributed by atoms with van der Waals surface area (Å²) >= 11 is 0. The number of rotatable bonds is 7. The van der Waals surface area contributed by atoms with Crippen LogP contribution in [0.1, 0.15) is 0 Å². The van der Waals surface area contributed by atoms with E-state index < -0.39 is 0 Å². The molecule has 54 heavy (non-hydrogen) atoms. The van der Waals surface area contributed by atoms with E-state index in [9.17, 15) is 0 Å². The third-order valence-corrected chi connectivity index (χ3v) is 10.6. The molecule has 0 bridgehead atoms. The van der Waals surface area contributed by atoms with Gasteiger partial charge in [-0.1, -0.05) is 164 Å². The minimum atomic E-state index is 1.09. The molecule has 1 aromatic heterocycles. The van der Waals surface area contributed by atoms with Crippen molar-refractivity contribution >= 4 is 49.6 Å². The Hall–Kier alpha value is -7.16. The van der Waals surface area contributed by atoms with E-state index in [1.165, 1.54) is 66.0 Å². The van der Waals surface area contributed by atoms with Crippen LogP contribution in [0.3, 0.4) is 0 Å².